The van der Waals surface area contributed by atoms with E-state index in [0.29, 0.717) is 29.4 Å². The first kappa shape index (κ1) is 15.1. The molecule has 1 atom stereocenters. The van der Waals surface area contributed by atoms with Crippen LogP contribution < -0.4 is 5.73 Å². The van der Waals surface area contributed by atoms with Gasteiger partial charge in [-0.15, -0.1) is 11.3 Å². The topological polar surface area (TPSA) is 59.2 Å². The molecule has 22 heavy (non-hydrogen) atoms. The minimum atomic E-state index is -0.325. The van der Waals surface area contributed by atoms with Crippen LogP contribution in [0.4, 0.5) is 4.39 Å². The highest BCUT2D eigenvalue weighted by Crippen LogP contribution is 2.27. The average Bonchev–Trinajstić information content (AvgIpc) is 3.04. The van der Waals surface area contributed by atoms with E-state index in [1.807, 2.05) is 4.90 Å². The van der Waals surface area contributed by atoms with Crippen molar-refractivity contribution in [1.82, 2.24) is 9.88 Å². The Labute approximate surface area is 132 Å². The normalized spacial score (nSPS) is 18.5. The molecule has 2 N–H and O–H groups in total. The van der Waals surface area contributed by atoms with Gasteiger partial charge in [0.15, 0.2) is 0 Å². The van der Waals surface area contributed by atoms with Crippen LogP contribution >= 0.6 is 11.3 Å². The number of carbonyl (C=O) groups is 1. The fourth-order valence-corrected chi connectivity index (χ4v) is 3.61. The first-order valence-corrected chi connectivity index (χ1v) is 8.30. The molecular formula is C16H18FN3OS. The molecule has 2 aromatic rings. The lowest BCUT2D eigenvalue weighted by molar-refractivity contribution is 0.0618. The van der Waals surface area contributed by atoms with E-state index in [1.54, 1.807) is 23.6 Å². The van der Waals surface area contributed by atoms with Gasteiger partial charge in [-0.2, -0.15) is 0 Å². The van der Waals surface area contributed by atoms with E-state index in [4.69, 9.17) is 5.73 Å². The molecule has 1 aliphatic heterocycles. The first-order valence-electron chi connectivity index (χ1n) is 7.42. The second kappa shape index (κ2) is 6.54. The summed E-state index contributed by atoms with van der Waals surface area (Å²) in [6, 6.07) is 6.55. The number of hydrogen-bond acceptors (Lipinski definition) is 4. The lowest BCUT2D eigenvalue weighted by atomic mass is 10.0. The highest BCUT2D eigenvalue weighted by Gasteiger charge is 2.28. The van der Waals surface area contributed by atoms with Crippen LogP contribution in [0.25, 0.3) is 10.6 Å². The molecule has 6 heteroatoms. The van der Waals surface area contributed by atoms with Crippen molar-refractivity contribution in [1.29, 1.82) is 0 Å². The molecule has 1 aromatic carbocycles. The summed E-state index contributed by atoms with van der Waals surface area (Å²) in [7, 11) is 0. The molecule has 2 heterocycles. The van der Waals surface area contributed by atoms with Gasteiger partial charge in [0.25, 0.3) is 5.91 Å². The number of halogens is 1. The largest absolute Gasteiger partial charge is 0.333 e. The van der Waals surface area contributed by atoms with Crippen LogP contribution in [0.5, 0.6) is 0 Å². The Morgan fingerprint density at radius 1 is 1.41 bits per heavy atom. The third kappa shape index (κ3) is 2.89. The van der Waals surface area contributed by atoms with E-state index in [9.17, 15) is 9.18 Å². The van der Waals surface area contributed by atoms with Crippen molar-refractivity contribution in [2.45, 2.75) is 25.3 Å². The molecule has 0 aliphatic carbocycles. The minimum Gasteiger partial charge on any atom is -0.333 e. The molecule has 1 saturated heterocycles. The van der Waals surface area contributed by atoms with Gasteiger partial charge in [0.2, 0.25) is 0 Å². The maximum absolute atomic E-state index is 13.8. The van der Waals surface area contributed by atoms with Gasteiger partial charge in [0, 0.05) is 30.1 Å². The van der Waals surface area contributed by atoms with E-state index in [-0.39, 0.29) is 17.8 Å². The number of nitrogens with two attached hydrogens (primary N) is 1. The molecule has 1 fully saturated rings. The zero-order chi connectivity index (χ0) is 15.5. The average molecular weight is 319 g/mol. The maximum atomic E-state index is 13.8. The lowest BCUT2D eigenvalue weighted by Gasteiger charge is -2.34. The second-order valence-electron chi connectivity index (χ2n) is 5.40. The van der Waals surface area contributed by atoms with Gasteiger partial charge in [0.1, 0.15) is 16.5 Å². The molecule has 3 rings (SSSR count). The summed E-state index contributed by atoms with van der Waals surface area (Å²) in [6.07, 6.45) is 3.03. The number of carbonyl (C=O) groups excluding carboxylic acids is 1. The van der Waals surface area contributed by atoms with Gasteiger partial charge in [-0.05, 0) is 31.4 Å². The molecule has 1 unspecified atom stereocenters. The molecular weight excluding hydrogens is 301 g/mol. The second-order valence-corrected chi connectivity index (χ2v) is 6.26. The third-order valence-electron chi connectivity index (χ3n) is 3.99. The Morgan fingerprint density at radius 3 is 3.00 bits per heavy atom. The molecule has 0 radical (unpaired) electrons. The summed E-state index contributed by atoms with van der Waals surface area (Å²) in [5.41, 5.74) is 6.57. The number of hydrogen-bond donors (Lipinski definition) is 1. The van der Waals surface area contributed by atoms with E-state index < -0.39 is 0 Å². The smallest absolute Gasteiger partial charge is 0.273 e. The maximum Gasteiger partial charge on any atom is 0.273 e. The number of likely N-dealkylation sites (tertiary alicyclic amines) is 1. The predicted octanol–water partition coefficient (Wildman–Crippen LogP) is 2.90. The fraction of sp³-hybridized carbons (Fsp3) is 0.375. The van der Waals surface area contributed by atoms with Crippen molar-refractivity contribution >= 4 is 17.2 Å². The molecule has 1 amide bonds. The van der Waals surface area contributed by atoms with Crippen LogP contribution in [0.15, 0.2) is 29.6 Å². The van der Waals surface area contributed by atoms with Crippen molar-refractivity contribution in [2.24, 2.45) is 5.73 Å². The highest BCUT2D eigenvalue weighted by molar-refractivity contribution is 7.13. The standard InChI is InChI=1S/C16H18FN3OS/c17-13-7-2-1-6-12(13)15-19-14(10-22-15)16(21)20-8-4-3-5-11(20)9-18/h1-2,6-7,10-11H,3-5,8-9,18H2. The number of benzene rings is 1. The fourth-order valence-electron chi connectivity index (χ4n) is 2.79. The Morgan fingerprint density at radius 2 is 2.23 bits per heavy atom. The zero-order valence-corrected chi connectivity index (χ0v) is 13.0. The molecule has 1 aliphatic rings. The van der Waals surface area contributed by atoms with Crippen LogP contribution in [0.3, 0.4) is 0 Å². The Hall–Kier alpha value is -1.79. The summed E-state index contributed by atoms with van der Waals surface area (Å²) < 4.78 is 13.8. The van der Waals surface area contributed by atoms with Crippen LogP contribution in [0, 0.1) is 5.82 Å². The number of nitrogens with zero attached hydrogens (tertiary/aromatic N) is 2. The van der Waals surface area contributed by atoms with Gasteiger partial charge in [-0.1, -0.05) is 12.1 Å². The molecule has 1 aromatic heterocycles. The van der Waals surface area contributed by atoms with Crippen molar-refractivity contribution < 1.29 is 9.18 Å². The van der Waals surface area contributed by atoms with Gasteiger partial charge in [-0.25, -0.2) is 9.37 Å². The number of aromatic nitrogens is 1. The van der Waals surface area contributed by atoms with E-state index >= 15 is 0 Å². The Balaban J connectivity index is 1.84. The third-order valence-corrected chi connectivity index (χ3v) is 4.86. The van der Waals surface area contributed by atoms with Crippen LogP contribution in [-0.4, -0.2) is 34.9 Å². The van der Waals surface area contributed by atoms with Gasteiger partial charge >= 0.3 is 0 Å². The summed E-state index contributed by atoms with van der Waals surface area (Å²) in [5, 5.41) is 2.23. The van der Waals surface area contributed by atoms with Crippen molar-refractivity contribution in [3.05, 3.63) is 41.2 Å². The lowest BCUT2D eigenvalue weighted by Crippen LogP contribution is -2.47. The number of piperidine rings is 1. The number of rotatable bonds is 3. The zero-order valence-electron chi connectivity index (χ0n) is 12.2. The molecule has 0 saturated carbocycles. The molecule has 4 nitrogen and oxygen atoms in total. The van der Waals surface area contributed by atoms with Gasteiger partial charge < -0.3 is 10.6 Å². The quantitative estimate of drug-likeness (QED) is 0.946. The van der Waals surface area contributed by atoms with E-state index in [1.165, 1.54) is 17.4 Å². The Kier molecular flexibility index (Phi) is 4.49. The Bertz CT molecular complexity index is 673. The van der Waals surface area contributed by atoms with E-state index in [2.05, 4.69) is 4.98 Å². The SMILES string of the molecule is NCC1CCCCN1C(=O)c1csc(-c2ccccc2F)n1. The molecule has 116 valence electrons. The summed E-state index contributed by atoms with van der Waals surface area (Å²) in [4.78, 5) is 18.8. The number of amides is 1. The minimum absolute atomic E-state index is 0.0832. The number of thiazole rings is 1. The first-order chi connectivity index (χ1) is 10.7. The van der Waals surface area contributed by atoms with Crippen molar-refractivity contribution in [3.8, 4) is 10.6 Å². The predicted molar refractivity (Wildman–Crippen MR) is 85.2 cm³/mol. The van der Waals surface area contributed by atoms with Gasteiger partial charge in [-0.3, -0.25) is 4.79 Å². The molecule has 0 spiro atoms. The summed E-state index contributed by atoms with van der Waals surface area (Å²) in [6.45, 7) is 1.18. The summed E-state index contributed by atoms with van der Waals surface area (Å²) in [5.74, 6) is -0.428. The van der Waals surface area contributed by atoms with Crippen LogP contribution in [-0.2, 0) is 0 Å². The monoisotopic (exact) mass is 319 g/mol. The van der Waals surface area contributed by atoms with Crippen molar-refractivity contribution in [2.75, 3.05) is 13.1 Å². The van der Waals surface area contributed by atoms with Crippen molar-refractivity contribution in [3.63, 3.8) is 0 Å². The molecule has 0 bridgehead atoms. The van der Waals surface area contributed by atoms with Crippen LogP contribution in [0.2, 0.25) is 0 Å². The van der Waals surface area contributed by atoms with Crippen LogP contribution in [0.1, 0.15) is 29.8 Å². The van der Waals surface area contributed by atoms with E-state index in [0.717, 1.165) is 19.3 Å². The highest BCUT2D eigenvalue weighted by atomic mass is 32.1. The van der Waals surface area contributed by atoms with Gasteiger partial charge in [0.05, 0.1) is 0 Å². The summed E-state index contributed by atoms with van der Waals surface area (Å²) >= 11 is 1.29.